The fourth-order valence-electron chi connectivity index (χ4n) is 2.62. The third kappa shape index (κ3) is 2.27. The van der Waals surface area contributed by atoms with E-state index >= 15 is 0 Å². The molecule has 0 amide bonds. The predicted octanol–water partition coefficient (Wildman–Crippen LogP) is 0.373. The standard InChI is InChI=1S/C11H23N3/c1-9(2)12-10-4-5-14(6-10)11-7-13(3)8-11/h9-12H,4-8H2,1-3H3. The van der Waals surface area contributed by atoms with Crippen molar-refractivity contribution in [3.8, 4) is 0 Å². The Morgan fingerprint density at radius 2 is 1.93 bits per heavy atom. The lowest BCUT2D eigenvalue weighted by Gasteiger charge is -2.42. The summed E-state index contributed by atoms with van der Waals surface area (Å²) in [5.74, 6) is 0. The van der Waals surface area contributed by atoms with Gasteiger partial charge in [-0.15, -0.1) is 0 Å². The zero-order valence-corrected chi connectivity index (χ0v) is 9.66. The summed E-state index contributed by atoms with van der Waals surface area (Å²) >= 11 is 0. The minimum Gasteiger partial charge on any atom is -0.310 e. The average Bonchev–Trinajstić information content (AvgIpc) is 2.46. The van der Waals surface area contributed by atoms with Crippen LogP contribution in [0.25, 0.3) is 0 Å². The second kappa shape index (κ2) is 4.17. The SMILES string of the molecule is CC(C)NC1CCN(C2CN(C)C2)C1. The van der Waals surface area contributed by atoms with Crippen molar-refractivity contribution < 1.29 is 0 Å². The fourth-order valence-corrected chi connectivity index (χ4v) is 2.62. The lowest BCUT2D eigenvalue weighted by Crippen LogP contribution is -2.57. The van der Waals surface area contributed by atoms with E-state index in [-0.39, 0.29) is 0 Å². The van der Waals surface area contributed by atoms with Gasteiger partial charge in [0.25, 0.3) is 0 Å². The van der Waals surface area contributed by atoms with E-state index in [4.69, 9.17) is 0 Å². The lowest BCUT2D eigenvalue weighted by atomic mass is 10.1. The van der Waals surface area contributed by atoms with E-state index in [1.165, 1.54) is 32.6 Å². The largest absolute Gasteiger partial charge is 0.310 e. The molecule has 0 spiro atoms. The zero-order chi connectivity index (χ0) is 10.1. The number of rotatable bonds is 3. The maximum absolute atomic E-state index is 3.63. The van der Waals surface area contributed by atoms with Crippen molar-refractivity contribution in [1.82, 2.24) is 15.1 Å². The third-order valence-electron chi connectivity index (χ3n) is 3.35. The number of nitrogens with zero attached hydrogens (tertiary/aromatic N) is 2. The summed E-state index contributed by atoms with van der Waals surface area (Å²) in [6.07, 6.45) is 1.33. The van der Waals surface area contributed by atoms with Crippen LogP contribution in [0.15, 0.2) is 0 Å². The number of likely N-dealkylation sites (tertiary alicyclic amines) is 2. The topological polar surface area (TPSA) is 18.5 Å². The van der Waals surface area contributed by atoms with Crippen LogP contribution >= 0.6 is 0 Å². The summed E-state index contributed by atoms with van der Waals surface area (Å²) in [7, 11) is 2.20. The average molecular weight is 197 g/mol. The molecule has 0 aromatic heterocycles. The molecule has 0 saturated carbocycles. The van der Waals surface area contributed by atoms with Gasteiger partial charge in [0.1, 0.15) is 0 Å². The summed E-state index contributed by atoms with van der Waals surface area (Å²) in [6.45, 7) is 9.57. The van der Waals surface area contributed by atoms with Crippen molar-refractivity contribution in [3.05, 3.63) is 0 Å². The second-order valence-corrected chi connectivity index (χ2v) is 5.18. The number of nitrogens with one attached hydrogen (secondary N) is 1. The first-order valence-corrected chi connectivity index (χ1v) is 5.84. The molecule has 1 atom stereocenters. The van der Waals surface area contributed by atoms with E-state index < -0.39 is 0 Å². The molecule has 0 radical (unpaired) electrons. The van der Waals surface area contributed by atoms with Gasteiger partial charge < -0.3 is 10.2 Å². The third-order valence-corrected chi connectivity index (χ3v) is 3.35. The normalized spacial score (nSPS) is 31.3. The fraction of sp³-hybridized carbons (Fsp3) is 1.00. The molecule has 1 unspecified atom stereocenters. The predicted molar refractivity (Wildman–Crippen MR) is 59.5 cm³/mol. The van der Waals surface area contributed by atoms with Crippen molar-refractivity contribution in [2.45, 2.75) is 38.4 Å². The van der Waals surface area contributed by atoms with Crippen LogP contribution in [0.2, 0.25) is 0 Å². The van der Waals surface area contributed by atoms with Crippen LogP contribution < -0.4 is 5.32 Å². The Balaban J connectivity index is 1.72. The molecule has 2 rings (SSSR count). The monoisotopic (exact) mass is 197 g/mol. The van der Waals surface area contributed by atoms with Gasteiger partial charge in [-0.05, 0) is 13.5 Å². The van der Waals surface area contributed by atoms with Crippen LogP contribution in [-0.2, 0) is 0 Å². The van der Waals surface area contributed by atoms with Crippen LogP contribution in [0.4, 0.5) is 0 Å². The highest BCUT2D eigenvalue weighted by Crippen LogP contribution is 2.19. The molecular weight excluding hydrogens is 174 g/mol. The summed E-state index contributed by atoms with van der Waals surface area (Å²) < 4.78 is 0. The Morgan fingerprint density at radius 3 is 2.50 bits per heavy atom. The quantitative estimate of drug-likeness (QED) is 0.705. The Labute approximate surface area is 87.4 Å². The molecule has 0 aromatic rings. The molecule has 2 saturated heterocycles. The van der Waals surface area contributed by atoms with Gasteiger partial charge in [-0.25, -0.2) is 0 Å². The molecule has 2 aliphatic rings. The lowest BCUT2D eigenvalue weighted by molar-refractivity contribution is 0.0676. The maximum Gasteiger partial charge on any atom is 0.0350 e. The Bertz CT molecular complexity index is 187. The molecule has 3 heteroatoms. The maximum atomic E-state index is 3.63. The van der Waals surface area contributed by atoms with Crippen LogP contribution in [0.1, 0.15) is 20.3 Å². The summed E-state index contributed by atoms with van der Waals surface area (Å²) in [6, 6.07) is 2.21. The summed E-state index contributed by atoms with van der Waals surface area (Å²) in [4.78, 5) is 5.05. The van der Waals surface area contributed by atoms with E-state index in [1.807, 2.05) is 0 Å². The highest BCUT2D eigenvalue weighted by Gasteiger charge is 2.33. The number of likely N-dealkylation sites (N-methyl/N-ethyl adjacent to an activating group) is 1. The first kappa shape index (κ1) is 10.4. The van der Waals surface area contributed by atoms with Gasteiger partial charge in [0.05, 0.1) is 0 Å². The number of hydrogen-bond donors (Lipinski definition) is 1. The van der Waals surface area contributed by atoms with E-state index in [0.29, 0.717) is 6.04 Å². The van der Waals surface area contributed by atoms with Crippen LogP contribution in [0.5, 0.6) is 0 Å². The summed E-state index contributed by atoms with van der Waals surface area (Å²) in [5.41, 5.74) is 0. The van der Waals surface area contributed by atoms with E-state index in [1.54, 1.807) is 0 Å². The first-order chi connectivity index (χ1) is 6.65. The van der Waals surface area contributed by atoms with Crippen LogP contribution in [-0.4, -0.2) is 61.2 Å². The van der Waals surface area contributed by atoms with Gasteiger partial charge in [-0.1, -0.05) is 13.8 Å². The highest BCUT2D eigenvalue weighted by atomic mass is 15.3. The van der Waals surface area contributed by atoms with Gasteiger partial charge in [-0.3, -0.25) is 4.90 Å². The molecule has 2 heterocycles. The van der Waals surface area contributed by atoms with Gasteiger partial charge in [-0.2, -0.15) is 0 Å². The zero-order valence-electron chi connectivity index (χ0n) is 9.66. The molecule has 82 valence electrons. The van der Waals surface area contributed by atoms with Crippen LogP contribution in [0.3, 0.4) is 0 Å². The first-order valence-electron chi connectivity index (χ1n) is 5.84. The van der Waals surface area contributed by atoms with Crippen molar-refractivity contribution >= 4 is 0 Å². The molecule has 2 fully saturated rings. The molecule has 1 N–H and O–H groups in total. The minimum absolute atomic E-state index is 0.629. The molecule has 0 aromatic carbocycles. The smallest absolute Gasteiger partial charge is 0.0350 e. The molecule has 2 aliphatic heterocycles. The highest BCUT2D eigenvalue weighted by molar-refractivity contribution is 4.92. The molecule has 14 heavy (non-hydrogen) atoms. The molecule has 3 nitrogen and oxygen atoms in total. The van der Waals surface area contributed by atoms with Gasteiger partial charge in [0, 0.05) is 44.3 Å². The molecular formula is C11H23N3. The number of hydrogen-bond acceptors (Lipinski definition) is 3. The van der Waals surface area contributed by atoms with Crippen molar-refractivity contribution in [3.63, 3.8) is 0 Å². The van der Waals surface area contributed by atoms with Gasteiger partial charge >= 0.3 is 0 Å². The Morgan fingerprint density at radius 1 is 1.21 bits per heavy atom. The van der Waals surface area contributed by atoms with E-state index in [2.05, 4.69) is 36.0 Å². The molecule has 0 aliphatic carbocycles. The van der Waals surface area contributed by atoms with Crippen molar-refractivity contribution in [1.29, 1.82) is 0 Å². The molecule has 0 bridgehead atoms. The Kier molecular flexibility index (Phi) is 3.10. The van der Waals surface area contributed by atoms with Gasteiger partial charge in [0.2, 0.25) is 0 Å². The van der Waals surface area contributed by atoms with Gasteiger partial charge in [0.15, 0.2) is 0 Å². The second-order valence-electron chi connectivity index (χ2n) is 5.18. The van der Waals surface area contributed by atoms with Crippen molar-refractivity contribution in [2.75, 3.05) is 33.2 Å². The van der Waals surface area contributed by atoms with E-state index in [0.717, 1.165) is 12.1 Å². The minimum atomic E-state index is 0.629. The Hall–Kier alpha value is -0.120. The van der Waals surface area contributed by atoms with Crippen molar-refractivity contribution in [2.24, 2.45) is 0 Å². The summed E-state index contributed by atoms with van der Waals surface area (Å²) in [5, 5.41) is 3.63. The van der Waals surface area contributed by atoms with E-state index in [9.17, 15) is 0 Å². The van der Waals surface area contributed by atoms with Crippen LogP contribution in [0, 0.1) is 0 Å².